The molecule has 120 valence electrons. The van der Waals surface area contributed by atoms with E-state index in [0.29, 0.717) is 11.1 Å². The molecule has 0 saturated carbocycles. The van der Waals surface area contributed by atoms with Gasteiger partial charge in [0.25, 0.3) is 0 Å². The third-order valence-corrected chi connectivity index (χ3v) is 3.97. The van der Waals surface area contributed by atoms with Crippen molar-refractivity contribution in [2.45, 2.75) is 6.29 Å². The standard InChI is InChI=1S/C15H14N2O5S/c1-17-12-8-4-3-7-11(12)16-14-10(6-5-9-13(14)17)15(21-2)22-23(18,19)20/h3-9,15H,1-2H3. The highest BCUT2D eigenvalue weighted by atomic mass is 32.3. The van der Waals surface area contributed by atoms with E-state index in [1.165, 1.54) is 7.11 Å². The maximum absolute atomic E-state index is 10.9. The molecule has 0 saturated heterocycles. The number of rotatable bonds is 4. The van der Waals surface area contributed by atoms with Crippen molar-refractivity contribution >= 4 is 32.5 Å². The Morgan fingerprint density at radius 1 is 1.13 bits per heavy atom. The summed E-state index contributed by atoms with van der Waals surface area (Å²) in [7, 11) is -1.78. The average Bonchev–Trinajstić information content (AvgIpc) is 2.52. The van der Waals surface area contributed by atoms with Crippen molar-refractivity contribution in [2.24, 2.45) is 7.05 Å². The zero-order chi connectivity index (χ0) is 16.6. The smallest absolute Gasteiger partial charge is 0.231 e. The van der Waals surface area contributed by atoms with Crippen LogP contribution >= 0.6 is 0 Å². The maximum Gasteiger partial charge on any atom is 0.231 e. The van der Waals surface area contributed by atoms with E-state index in [-0.39, 0.29) is 0 Å². The summed E-state index contributed by atoms with van der Waals surface area (Å²) in [6, 6.07) is 12.7. The second-order valence-corrected chi connectivity index (χ2v) is 5.96. The molecule has 1 unspecified atom stereocenters. The summed E-state index contributed by atoms with van der Waals surface area (Å²) in [4.78, 5) is 4.56. The summed E-state index contributed by atoms with van der Waals surface area (Å²) >= 11 is 0. The fourth-order valence-corrected chi connectivity index (χ4v) is 2.95. The van der Waals surface area contributed by atoms with Gasteiger partial charge in [0.1, 0.15) is 18.1 Å². The van der Waals surface area contributed by atoms with Crippen molar-refractivity contribution in [1.29, 1.82) is 0 Å². The van der Waals surface area contributed by atoms with Crippen molar-refractivity contribution in [3.63, 3.8) is 0 Å². The highest BCUT2D eigenvalue weighted by Crippen LogP contribution is 2.26. The van der Waals surface area contributed by atoms with Gasteiger partial charge >= 0.3 is 0 Å². The van der Waals surface area contributed by atoms with Crippen molar-refractivity contribution in [1.82, 2.24) is 4.98 Å². The van der Waals surface area contributed by atoms with E-state index in [0.717, 1.165) is 16.6 Å². The van der Waals surface area contributed by atoms with Crippen LogP contribution in [0.5, 0.6) is 0 Å². The van der Waals surface area contributed by atoms with Crippen molar-refractivity contribution in [2.75, 3.05) is 7.11 Å². The van der Waals surface area contributed by atoms with Crippen molar-refractivity contribution < 1.29 is 26.5 Å². The van der Waals surface area contributed by atoms with Crippen LogP contribution in [-0.2, 0) is 26.4 Å². The maximum atomic E-state index is 10.9. The van der Waals surface area contributed by atoms with Crippen LogP contribution in [0, 0.1) is 0 Å². The van der Waals surface area contributed by atoms with Crippen LogP contribution in [0.1, 0.15) is 11.9 Å². The molecule has 0 aliphatic heterocycles. The minimum Gasteiger partial charge on any atom is -0.725 e. The number of ether oxygens (including phenoxy) is 1. The molecule has 0 aliphatic carbocycles. The second kappa shape index (κ2) is 5.82. The van der Waals surface area contributed by atoms with Crippen LogP contribution < -0.4 is 4.57 Å². The monoisotopic (exact) mass is 334 g/mol. The average molecular weight is 334 g/mol. The Morgan fingerprint density at radius 3 is 2.52 bits per heavy atom. The first-order valence-electron chi connectivity index (χ1n) is 6.75. The summed E-state index contributed by atoms with van der Waals surface area (Å²) in [5, 5.41) is 0. The Kier molecular flexibility index (Phi) is 3.99. The van der Waals surface area contributed by atoms with Crippen molar-refractivity contribution in [3.05, 3.63) is 48.0 Å². The van der Waals surface area contributed by atoms with E-state index < -0.39 is 16.7 Å². The molecule has 1 aromatic heterocycles. The van der Waals surface area contributed by atoms with Gasteiger partial charge in [0.15, 0.2) is 0 Å². The van der Waals surface area contributed by atoms with Gasteiger partial charge in [0, 0.05) is 24.8 Å². The predicted octanol–water partition coefficient (Wildman–Crippen LogP) is 1.33. The predicted molar refractivity (Wildman–Crippen MR) is 81.0 cm³/mol. The Labute approximate surface area is 133 Å². The summed E-state index contributed by atoms with van der Waals surface area (Å²) in [5.74, 6) is 0. The van der Waals surface area contributed by atoms with E-state index in [4.69, 9.17) is 4.74 Å². The molecule has 1 heterocycles. The van der Waals surface area contributed by atoms with Crippen LogP contribution in [0.25, 0.3) is 22.1 Å². The largest absolute Gasteiger partial charge is 0.725 e. The molecule has 7 nitrogen and oxygen atoms in total. The third-order valence-electron chi connectivity index (χ3n) is 3.56. The molecule has 0 bridgehead atoms. The first kappa shape index (κ1) is 15.8. The SMILES string of the molecule is COC(OS(=O)(=O)[O-])c1cccc2c1nc1ccccc1[n+]2C. The minimum atomic E-state index is -4.91. The number of aromatic nitrogens is 2. The number of methoxy groups -OCH3 is 1. The van der Waals surface area contributed by atoms with Gasteiger partial charge in [-0.3, -0.25) is 0 Å². The molecule has 1 atom stereocenters. The van der Waals surface area contributed by atoms with Gasteiger partial charge in [0.2, 0.25) is 27.7 Å². The van der Waals surface area contributed by atoms with Gasteiger partial charge in [-0.2, -0.15) is 4.57 Å². The summed E-state index contributed by atoms with van der Waals surface area (Å²) in [6.45, 7) is 0. The third kappa shape index (κ3) is 3.02. The fraction of sp³-hybridized carbons (Fsp3) is 0.200. The number of hydrogen-bond acceptors (Lipinski definition) is 6. The van der Waals surface area contributed by atoms with Crippen LogP contribution in [0.2, 0.25) is 0 Å². The normalized spacial score (nSPS) is 13.5. The zero-order valence-electron chi connectivity index (χ0n) is 12.5. The second-order valence-electron chi connectivity index (χ2n) is 4.95. The Hall–Kier alpha value is -2.13. The first-order chi connectivity index (χ1) is 10.9. The Balaban J connectivity index is 2.29. The summed E-state index contributed by atoms with van der Waals surface area (Å²) in [5.41, 5.74) is 3.28. The Bertz CT molecular complexity index is 988. The molecule has 0 aliphatic rings. The van der Waals surface area contributed by atoms with Gasteiger partial charge in [0.05, 0.1) is 0 Å². The molecular weight excluding hydrogens is 320 g/mol. The molecule has 0 radical (unpaired) electrons. The number of aryl methyl sites for hydroxylation is 1. The lowest BCUT2D eigenvalue weighted by Gasteiger charge is -2.18. The molecule has 3 rings (SSSR count). The first-order valence-corrected chi connectivity index (χ1v) is 8.08. The Morgan fingerprint density at radius 2 is 1.83 bits per heavy atom. The molecule has 23 heavy (non-hydrogen) atoms. The van der Waals surface area contributed by atoms with Gasteiger partial charge < -0.3 is 9.29 Å². The van der Waals surface area contributed by atoms with Crippen LogP contribution in [0.4, 0.5) is 0 Å². The van der Waals surface area contributed by atoms with Gasteiger partial charge in [-0.25, -0.2) is 17.6 Å². The quantitative estimate of drug-likeness (QED) is 0.235. The molecule has 3 aromatic rings. The van der Waals surface area contributed by atoms with E-state index in [1.807, 2.05) is 41.9 Å². The topological polar surface area (TPSA) is 92.4 Å². The number of fused-ring (bicyclic) bond motifs is 2. The van der Waals surface area contributed by atoms with E-state index in [1.54, 1.807) is 12.1 Å². The molecule has 2 aromatic carbocycles. The van der Waals surface area contributed by atoms with Gasteiger partial charge in [-0.1, -0.05) is 24.3 Å². The molecule has 0 N–H and O–H groups in total. The van der Waals surface area contributed by atoms with E-state index >= 15 is 0 Å². The molecule has 0 spiro atoms. The number of para-hydroxylation sites is 3. The van der Waals surface area contributed by atoms with Crippen LogP contribution in [0.3, 0.4) is 0 Å². The highest BCUT2D eigenvalue weighted by molar-refractivity contribution is 7.80. The zero-order valence-corrected chi connectivity index (χ0v) is 13.3. The van der Waals surface area contributed by atoms with E-state index in [9.17, 15) is 13.0 Å². The van der Waals surface area contributed by atoms with Gasteiger partial charge in [-0.15, -0.1) is 0 Å². The lowest BCUT2D eigenvalue weighted by atomic mass is 10.1. The summed E-state index contributed by atoms with van der Waals surface area (Å²) in [6.07, 6.45) is -1.35. The van der Waals surface area contributed by atoms with Crippen LogP contribution in [-0.4, -0.2) is 25.1 Å². The van der Waals surface area contributed by atoms with Crippen LogP contribution in [0.15, 0.2) is 42.5 Å². The number of hydrogen-bond donors (Lipinski definition) is 0. The lowest BCUT2D eigenvalue weighted by molar-refractivity contribution is -0.618. The van der Waals surface area contributed by atoms with Gasteiger partial charge in [-0.05, 0) is 6.07 Å². The minimum absolute atomic E-state index is 0.366. The highest BCUT2D eigenvalue weighted by Gasteiger charge is 2.22. The number of benzene rings is 2. The lowest BCUT2D eigenvalue weighted by Crippen LogP contribution is -2.31. The summed E-state index contributed by atoms with van der Waals surface area (Å²) < 4.78 is 44.1. The fourth-order valence-electron chi connectivity index (χ4n) is 2.55. The van der Waals surface area contributed by atoms with E-state index in [2.05, 4.69) is 9.17 Å². The molecule has 8 heteroatoms. The number of nitrogens with zero attached hydrogens (tertiary/aromatic N) is 2. The van der Waals surface area contributed by atoms with Crippen molar-refractivity contribution in [3.8, 4) is 0 Å². The molecule has 0 fully saturated rings. The molecular formula is C15H14N2O5S. The molecule has 0 amide bonds.